The van der Waals surface area contributed by atoms with Gasteiger partial charge in [-0.15, -0.1) is 22.7 Å². The summed E-state index contributed by atoms with van der Waals surface area (Å²) in [6.45, 7) is 3.84. The standard InChI is InChI=1S/C20H15NS2/c1-2-15-7-9-16(10-8-15)21-17(19-5-3-13-22-19)11-12-18(21)20-6-4-14-23-20/h2-14H,1H2. The highest BCUT2D eigenvalue weighted by Crippen LogP contribution is 2.36. The zero-order valence-corrected chi connectivity index (χ0v) is 14.1. The number of rotatable bonds is 4. The Kier molecular flexibility index (Phi) is 3.74. The topological polar surface area (TPSA) is 4.93 Å². The van der Waals surface area contributed by atoms with Crippen molar-refractivity contribution in [3.05, 3.63) is 83.6 Å². The Bertz CT molecular complexity index is 859. The maximum Gasteiger partial charge on any atom is 0.0635 e. The van der Waals surface area contributed by atoms with E-state index in [0.717, 1.165) is 5.56 Å². The normalized spacial score (nSPS) is 10.8. The quantitative estimate of drug-likeness (QED) is 0.397. The molecule has 0 aliphatic carbocycles. The van der Waals surface area contributed by atoms with Crippen LogP contribution in [0.4, 0.5) is 0 Å². The minimum absolute atomic E-state index is 1.14. The first kappa shape index (κ1) is 14.2. The monoisotopic (exact) mass is 333 g/mol. The Morgan fingerprint density at radius 2 is 1.30 bits per heavy atom. The molecule has 112 valence electrons. The third-order valence-electron chi connectivity index (χ3n) is 3.82. The summed E-state index contributed by atoms with van der Waals surface area (Å²) in [5.41, 5.74) is 4.77. The molecule has 3 heteroatoms. The van der Waals surface area contributed by atoms with Gasteiger partial charge >= 0.3 is 0 Å². The molecule has 0 saturated carbocycles. The second-order valence-electron chi connectivity index (χ2n) is 5.19. The lowest BCUT2D eigenvalue weighted by Crippen LogP contribution is -1.97. The minimum Gasteiger partial charge on any atom is -0.308 e. The summed E-state index contributed by atoms with van der Waals surface area (Å²) in [7, 11) is 0. The molecule has 1 aromatic carbocycles. The van der Waals surface area contributed by atoms with Crippen molar-refractivity contribution < 1.29 is 0 Å². The van der Waals surface area contributed by atoms with Crippen LogP contribution in [-0.2, 0) is 0 Å². The van der Waals surface area contributed by atoms with E-state index in [1.807, 2.05) is 6.08 Å². The van der Waals surface area contributed by atoms with E-state index >= 15 is 0 Å². The van der Waals surface area contributed by atoms with Crippen molar-refractivity contribution in [2.45, 2.75) is 0 Å². The largest absolute Gasteiger partial charge is 0.308 e. The van der Waals surface area contributed by atoms with Gasteiger partial charge in [0.25, 0.3) is 0 Å². The Morgan fingerprint density at radius 1 is 0.739 bits per heavy atom. The molecule has 0 saturated heterocycles. The molecule has 0 atom stereocenters. The molecule has 4 rings (SSSR count). The highest BCUT2D eigenvalue weighted by Gasteiger charge is 2.14. The van der Waals surface area contributed by atoms with E-state index in [1.165, 1.54) is 26.8 Å². The van der Waals surface area contributed by atoms with Crippen molar-refractivity contribution in [2.24, 2.45) is 0 Å². The molecule has 4 aromatic rings. The third-order valence-corrected chi connectivity index (χ3v) is 5.60. The molecule has 1 nitrogen and oxygen atoms in total. The van der Waals surface area contributed by atoms with Crippen LogP contribution in [0.3, 0.4) is 0 Å². The van der Waals surface area contributed by atoms with Crippen LogP contribution in [0.15, 0.2) is 78.0 Å². The number of aromatic nitrogens is 1. The SMILES string of the molecule is C=Cc1ccc(-n2c(-c3cccs3)ccc2-c2cccs2)cc1. The molecular weight excluding hydrogens is 318 g/mol. The predicted octanol–water partition coefficient (Wildman–Crippen LogP) is 6.58. The molecule has 0 N–H and O–H groups in total. The van der Waals surface area contributed by atoms with Gasteiger partial charge in [-0.2, -0.15) is 0 Å². The fourth-order valence-electron chi connectivity index (χ4n) is 2.71. The summed E-state index contributed by atoms with van der Waals surface area (Å²) in [6.07, 6.45) is 1.87. The third kappa shape index (κ3) is 2.58. The summed E-state index contributed by atoms with van der Waals surface area (Å²) in [5.74, 6) is 0. The van der Waals surface area contributed by atoms with Crippen molar-refractivity contribution in [2.75, 3.05) is 0 Å². The van der Waals surface area contributed by atoms with Gasteiger partial charge in [-0.05, 0) is 52.7 Å². The first-order valence-electron chi connectivity index (χ1n) is 7.39. The molecule has 0 spiro atoms. The Labute approximate surface area is 143 Å². The smallest absolute Gasteiger partial charge is 0.0635 e. The van der Waals surface area contributed by atoms with Gasteiger partial charge in [0.15, 0.2) is 0 Å². The van der Waals surface area contributed by atoms with Crippen LogP contribution in [0.2, 0.25) is 0 Å². The summed E-state index contributed by atoms with van der Waals surface area (Å²) >= 11 is 3.54. The van der Waals surface area contributed by atoms with Gasteiger partial charge in [-0.25, -0.2) is 0 Å². The van der Waals surface area contributed by atoms with Crippen molar-refractivity contribution >= 4 is 28.7 Å². The van der Waals surface area contributed by atoms with Crippen LogP contribution in [-0.4, -0.2) is 4.57 Å². The van der Waals surface area contributed by atoms with Crippen LogP contribution in [0.25, 0.3) is 32.9 Å². The number of benzene rings is 1. The van der Waals surface area contributed by atoms with E-state index in [9.17, 15) is 0 Å². The maximum absolute atomic E-state index is 3.84. The van der Waals surface area contributed by atoms with Gasteiger partial charge in [-0.3, -0.25) is 0 Å². The van der Waals surface area contributed by atoms with Crippen LogP contribution in [0.5, 0.6) is 0 Å². The fraction of sp³-hybridized carbons (Fsp3) is 0. The number of hydrogen-bond donors (Lipinski definition) is 0. The maximum atomic E-state index is 3.84. The molecule has 0 fully saturated rings. The van der Waals surface area contributed by atoms with Crippen molar-refractivity contribution in [3.63, 3.8) is 0 Å². The van der Waals surface area contributed by atoms with Crippen LogP contribution >= 0.6 is 22.7 Å². The van der Waals surface area contributed by atoms with E-state index < -0.39 is 0 Å². The number of hydrogen-bond acceptors (Lipinski definition) is 2. The zero-order valence-electron chi connectivity index (χ0n) is 12.5. The molecule has 0 radical (unpaired) electrons. The lowest BCUT2D eigenvalue weighted by molar-refractivity contribution is 1.10. The summed E-state index contributed by atoms with van der Waals surface area (Å²) in [6, 6.07) is 21.5. The van der Waals surface area contributed by atoms with E-state index in [0.29, 0.717) is 0 Å². The second-order valence-corrected chi connectivity index (χ2v) is 7.08. The lowest BCUT2D eigenvalue weighted by Gasteiger charge is -2.13. The molecule has 3 aromatic heterocycles. The van der Waals surface area contributed by atoms with E-state index in [4.69, 9.17) is 0 Å². The lowest BCUT2D eigenvalue weighted by atomic mass is 10.2. The first-order valence-corrected chi connectivity index (χ1v) is 9.15. The number of thiophene rings is 2. The summed E-state index contributed by atoms with van der Waals surface area (Å²) in [4.78, 5) is 2.56. The predicted molar refractivity (Wildman–Crippen MR) is 102 cm³/mol. The van der Waals surface area contributed by atoms with Gasteiger partial charge < -0.3 is 4.57 Å². The minimum atomic E-state index is 1.14. The van der Waals surface area contributed by atoms with Crippen LogP contribution < -0.4 is 0 Å². The Balaban J connectivity index is 1.94. The van der Waals surface area contributed by atoms with Gasteiger partial charge in [0.2, 0.25) is 0 Å². The molecule has 23 heavy (non-hydrogen) atoms. The Morgan fingerprint density at radius 3 is 1.74 bits per heavy atom. The summed E-state index contributed by atoms with van der Waals surface area (Å²) in [5, 5.41) is 4.25. The first-order chi connectivity index (χ1) is 11.4. The molecule has 0 aliphatic rings. The molecular formula is C20H15NS2. The van der Waals surface area contributed by atoms with Crippen LogP contribution in [0, 0.1) is 0 Å². The van der Waals surface area contributed by atoms with Gasteiger partial charge in [0, 0.05) is 5.69 Å². The van der Waals surface area contributed by atoms with E-state index in [-0.39, 0.29) is 0 Å². The van der Waals surface area contributed by atoms with Crippen LogP contribution in [0.1, 0.15) is 5.56 Å². The molecule has 0 amide bonds. The highest BCUT2D eigenvalue weighted by molar-refractivity contribution is 7.14. The average molecular weight is 333 g/mol. The van der Waals surface area contributed by atoms with Crippen molar-refractivity contribution in [1.29, 1.82) is 0 Å². The van der Waals surface area contributed by atoms with E-state index in [2.05, 4.69) is 82.6 Å². The molecule has 3 heterocycles. The zero-order chi connectivity index (χ0) is 15.6. The fourth-order valence-corrected chi connectivity index (χ4v) is 4.19. The van der Waals surface area contributed by atoms with Crippen molar-refractivity contribution in [3.8, 4) is 26.8 Å². The van der Waals surface area contributed by atoms with Crippen molar-refractivity contribution in [1.82, 2.24) is 4.57 Å². The van der Waals surface area contributed by atoms with Gasteiger partial charge in [0.05, 0.1) is 21.1 Å². The molecule has 0 bridgehead atoms. The average Bonchev–Trinajstić information content (AvgIpc) is 3.33. The summed E-state index contributed by atoms with van der Waals surface area (Å²) < 4.78 is 2.34. The second kappa shape index (κ2) is 6.03. The number of nitrogens with zero attached hydrogens (tertiary/aromatic N) is 1. The molecule has 0 unspecified atom stereocenters. The van der Waals surface area contributed by atoms with Gasteiger partial charge in [0.1, 0.15) is 0 Å². The van der Waals surface area contributed by atoms with Gasteiger partial charge in [-0.1, -0.05) is 36.9 Å². The van der Waals surface area contributed by atoms with E-state index in [1.54, 1.807) is 22.7 Å². The highest BCUT2D eigenvalue weighted by atomic mass is 32.1. The Hall–Kier alpha value is -2.36. The molecule has 0 aliphatic heterocycles.